The van der Waals surface area contributed by atoms with Crippen molar-refractivity contribution in [2.24, 2.45) is 5.73 Å². The first kappa shape index (κ1) is 11.9. The molecule has 3 N–H and O–H groups in total. The van der Waals surface area contributed by atoms with Gasteiger partial charge in [-0.05, 0) is 31.9 Å². The third kappa shape index (κ3) is 4.33. The zero-order valence-electron chi connectivity index (χ0n) is 8.79. The third-order valence-corrected chi connectivity index (χ3v) is 3.75. The minimum atomic E-state index is 0.175. The van der Waals surface area contributed by atoms with Gasteiger partial charge in [0.05, 0.1) is 5.25 Å². The fraction of sp³-hybridized carbons (Fsp3) is 0.900. The van der Waals surface area contributed by atoms with E-state index in [2.05, 4.69) is 5.32 Å². The number of carbonyl (C=O) groups is 1. The van der Waals surface area contributed by atoms with E-state index in [1.807, 2.05) is 6.92 Å². The van der Waals surface area contributed by atoms with Gasteiger partial charge in [-0.25, -0.2) is 0 Å². The Balaban J connectivity index is 2.13. The van der Waals surface area contributed by atoms with Crippen molar-refractivity contribution in [1.82, 2.24) is 5.32 Å². The first-order valence-electron chi connectivity index (χ1n) is 5.35. The summed E-state index contributed by atoms with van der Waals surface area (Å²) >= 11 is 1.79. The maximum absolute atomic E-state index is 11.6. The highest BCUT2D eigenvalue weighted by Gasteiger charge is 2.20. The highest BCUT2D eigenvalue weighted by Crippen LogP contribution is 2.24. The summed E-state index contributed by atoms with van der Waals surface area (Å²) < 4.78 is 0. The topological polar surface area (TPSA) is 55.1 Å². The Labute approximate surface area is 90.2 Å². The molecule has 1 aliphatic heterocycles. The number of carbonyl (C=O) groups excluding carboxylic acids is 1. The number of hydrogen-bond donors (Lipinski definition) is 2. The molecule has 0 aromatic rings. The Morgan fingerprint density at radius 1 is 1.64 bits per heavy atom. The van der Waals surface area contributed by atoms with Crippen LogP contribution in [-0.2, 0) is 4.79 Å². The average Bonchev–Trinajstić information content (AvgIpc) is 2.18. The lowest BCUT2D eigenvalue weighted by atomic mass is 10.2. The van der Waals surface area contributed by atoms with Gasteiger partial charge in [-0.3, -0.25) is 4.79 Å². The van der Waals surface area contributed by atoms with Crippen LogP contribution in [0.3, 0.4) is 0 Å². The third-order valence-electron chi connectivity index (χ3n) is 2.37. The molecule has 0 aromatic carbocycles. The molecule has 0 aliphatic carbocycles. The normalized spacial score (nSPS) is 24.3. The van der Waals surface area contributed by atoms with E-state index in [0.717, 1.165) is 18.6 Å². The van der Waals surface area contributed by atoms with Crippen LogP contribution in [-0.4, -0.2) is 29.5 Å². The predicted molar refractivity (Wildman–Crippen MR) is 61.4 cm³/mol. The molecule has 2 atom stereocenters. The van der Waals surface area contributed by atoms with Crippen molar-refractivity contribution >= 4 is 17.7 Å². The number of nitrogens with two attached hydrogens (primary N) is 1. The van der Waals surface area contributed by atoms with Crippen molar-refractivity contribution in [3.63, 3.8) is 0 Å². The standard InChI is InChI=1S/C10H20N2OS/c1-8(11)5-6-12-10(13)9-4-2-3-7-14-9/h8-9H,2-7,11H2,1H3,(H,12,13). The SMILES string of the molecule is CC(N)CCNC(=O)C1CCCCS1. The molecule has 82 valence electrons. The Kier molecular flexibility index (Phi) is 5.33. The van der Waals surface area contributed by atoms with Crippen molar-refractivity contribution in [2.75, 3.05) is 12.3 Å². The number of thioether (sulfide) groups is 1. The van der Waals surface area contributed by atoms with Crippen LogP contribution in [0.25, 0.3) is 0 Å². The van der Waals surface area contributed by atoms with E-state index in [-0.39, 0.29) is 17.2 Å². The minimum Gasteiger partial charge on any atom is -0.355 e. The fourth-order valence-corrected chi connectivity index (χ4v) is 2.71. The maximum atomic E-state index is 11.6. The molecule has 14 heavy (non-hydrogen) atoms. The Hall–Kier alpha value is -0.220. The summed E-state index contributed by atoms with van der Waals surface area (Å²) in [6, 6.07) is 0.175. The quantitative estimate of drug-likeness (QED) is 0.740. The van der Waals surface area contributed by atoms with Gasteiger partial charge >= 0.3 is 0 Å². The van der Waals surface area contributed by atoms with Gasteiger partial charge in [-0.1, -0.05) is 6.42 Å². The zero-order chi connectivity index (χ0) is 10.4. The van der Waals surface area contributed by atoms with E-state index in [4.69, 9.17) is 5.73 Å². The molecule has 1 fully saturated rings. The van der Waals surface area contributed by atoms with Crippen molar-refractivity contribution in [3.05, 3.63) is 0 Å². The summed E-state index contributed by atoms with van der Waals surface area (Å²) in [5.41, 5.74) is 5.60. The molecule has 0 saturated carbocycles. The maximum Gasteiger partial charge on any atom is 0.233 e. The van der Waals surface area contributed by atoms with Crippen LogP contribution in [0, 0.1) is 0 Å². The molecule has 1 amide bonds. The molecular formula is C10H20N2OS. The van der Waals surface area contributed by atoms with Crippen LogP contribution in [0.2, 0.25) is 0 Å². The van der Waals surface area contributed by atoms with Crippen molar-refractivity contribution in [2.45, 2.75) is 43.9 Å². The second-order valence-corrected chi connectivity index (χ2v) is 5.22. The molecule has 1 saturated heterocycles. The van der Waals surface area contributed by atoms with Crippen molar-refractivity contribution in [3.8, 4) is 0 Å². The zero-order valence-corrected chi connectivity index (χ0v) is 9.61. The number of nitrogens with one attached hydrogen (secondary N) is 1. The largest absolute Gasteiger partial charge is 0.355 e. The Morgan fingerprint density at radius 2 is 2.43 bits per heavy atom. The number of rotatable bonds is 4. The summed E-state index contributed by atoms with van der Waals surface area (Å²) in [7, 11) is 0. The molecule has 0 spiro atoms. The van der Waals surface area contributed by atoms with E-state index >= 15 is 0 Å². The Morgan fingerprint density at radius 3 is 3.00 bits per heavy atom. The molecule has 1 rings (SSSR count). The smallest absolute Gasteiger partial charge is 0.233 e. The minimum absolute atomic E-state index is 0.175. The Bertz CT molecular complexity index is 179. The molecule has 1 heterocycles. The van der Waals surface area contributed by atoms with E-state index in [0.29, 0.717) is 6.54 Å². The van der Waals surface area contributed by atoms with Gasteiger partial charge < -0.3 is 11.1 Å². The molecule has 4 heteroatoms. The average molecular weight is 216 g/mol. The summed E-state index contributed by atoms with van der Waals surface area (Å²) in [5, 5.41) is 3.14. The van der Waals surface area contributed by atoms with E-state index < -0.39 is 0 Å². The first-order valence-corrected chi connectivity index (χ1v) is 6.40. The van der Waals surface area contributed by atoms with Gasteiger partial charge in [-0.2, -0.15) is 0 Å². The molecule has 0 bridgehead atoms. The molecule has 1 aliphatic rings. The van der Waals surface area contributed by atoms with Gasteiger partial charge in [-0.15, -0.1) is 11.8 Å². The number of amides is 1. The van der Waals surface area contributed by atoms with Crippen LogP contribution in [0.4, 0.5) is 0 Å². The van der Waals surface area contributed by atoms with E-state index in [9.17, 15) is 4.79 Å². The summed E-state index contributed by atoms with van der Waals surface area (Å²) in [4.78, 5) is 11.6. The molecule has 0 aromatic heterocycles. The van der Waals surface area contributed by atoms with Gasteiger partial charge in [0.2, 0.25) is 5.91 Å². The first-order chi connectivity index (χ1) is 6.70. The lowest BCUT2D eigenvalue weighted by Gasteiger charge is -2.20. The van der Waals surface area contributed by atoms with Crippen LogP contribution in [0.1, 0.15) is 32.6 Å². The van der Waals surface area contributed by atoms with Crippen molar-refractivity contribution in [1.29, 1.82) is 0 Å². The highest BCUT2D eigenvalue weighted by atomic mass is 32.2. The molecule has 2 unspecified atom stereocenters. The van der Waals surface area contributed by atoms with Crippen LogP contribution >= 0.6 is 11.8 Å². The van der Waals surface area contributed by atoms with Gasteiger partial charge in [0.1, 0.15) is 0 Å². The highest BCUT2D eigenvalue weighted by molar-refractivity contribution is 8.00. The van der Waals surface area contributed by atoms with Gasteiger partial charge in [0, 0.05) is 12.6 Å². The van der Waals surface area contributed by atoms with Gasteiger partial charge in [0.25, 0.3) is 0 Å². The van der Waals surface area contributed by atoms with E-state index in [1.54, 1.807) is 11.8 Å². The second-order valence-electron chi connectivity index (χ2n) is 3.91. The fourth-order valence-electron chi connectivity index (χ4n) is 1.48. The molecular weight excluding hydrogens is 196 g/mol. The monoisotopic (exact) mass is 216 g/mol. The number of hydrogen-bond acceptors (Lipinski definition) is 3. The lowest BCUT2D eigenvalue weighted by Crippen LogP contribution is -2.36. The predicted octanol–water partition coefficient (Wildman–Crippen LogP) is 1.13. The van der Waals surface area contributed by atoms with Crippen LogP contribution in [0.15, 0.2) is 0 Å². The molecule has 3 nitrogen and oxygen atoms in total. The lowest BCUT2D eigenvalue weighted by molar-refractivity contribution is -0.120. The van der Waals surface area contributed by atoms with Crippen molar-refractivity contribution < 1.29 is 4.79 Å². The summed E-state index contributed by atoms with van der Waals surface area (Å²) in [6.07, 6.45) is 4.35. The van der Waals surface area contributed by atoms with E-state index in [1.165, 1.54) is 12.8 Å². The second kappa shape index (κ2) is 6.30. The summed E-state index contributed by atoms with van der Waals surface area (Å²) in [5.74, 6) is 1.33. The van der Waals surface area contributed by atoms with Crippen LogP contribution in [0.5, 0.6) is 0 Å². The van der Waals surface area contributed by atoms with Gasteiger partial charge in [0.15, 0.2) is 0 Å². The molecule has 0 radical (unpaired) electrons. The van der Waals surface area contributed by atoms with Crippen LogP contribution < -0.4 is 11.1 Å². The summed E-state index contributed by atoms with van der Waals surface area (Å²) in [6.45, 7) is 2.68.